The van der Waals surface area contributed by atoms with Crippen LogP contribution in [-0.4, -0.2) is 44.9 Å². The molecule has 1 saturated heterocycles. The molecule has 2 aliphatic heterocycles. The lowest BCUT2D eigenvalue weighted by atomic mass is 10.0. The van der Waals surface area contributed by atoms with Gasteiger partial charge in [0.25, 0.3) is 0 Å². The summed E-state index contributed by atoms with van der Waals surface area (Å²) in [6.45, 7) is 4.91. The van der Waals surface area contributed by atoms with Gasteiger partial charge >= 0.3 is 0 Å². The Kier molecular flexibility index (Phi) is 6.25. The van der Waals surface area contributed by atoms with E-state index in [4.69, 9.17) is 25.8 Å². The van der Waals surface area contributed by atoms with Crippen molar-refractivity contribution in [3.05, 3.63) is 52.5 Å². The Balaban J connectivity index is 1.47. The van der Waals surface area contributed by atoms with Gasteiger partial charge in [0.1, 0.15) is 19.0 Å². The number of hydrogen-bond acceptors (Lipinski definition) is 5. The maximum atomic E-state index is 6.37. The largest absolute Gasteiger partial charge is 0.496 e. The van der Waals surface area contributed by atoms with Crippen LogP contribution >= 0.6 is 11.6 Å². The number of fused-ring (bicyclic) bond motifs is 1. The molecule has 1 N–H and O–H groups in total. The molecule has 1 atom stereocenters. The van der Waals surface area contributed by atoms with Gasteiger partial charge in [-0.3, -0.25) is 4.90 Å². The Bertz CT molecular complexity index is 808. The van der Waals surface area contributed by atoms with Gasteiger partial charge in [-0.05, 0) is 49.7 Å². The fourth-order valence-corrected chi connectivity index (χ4v) is 4.34. The van der Waals surface area contributed by atoms with Gasteiger partial charge in [0.15, 0.2) is 11.5 Å². The smallest absolute Gasteiger partial charge is 0.179 e. The lowest BCUT2D eigenvalue weighted by molar-refractivity contribution is 0.171. The molecular formula is C22H27ClN2O3. The molecule has 4 rings (SSSR count). The molecule has 0 bridgehead atoms. The van der Waals surface area contributed by atoms with Gasteiger partial charge in [-0.15, -0.1) is 0 Å². The number of hydrogen-bond donors (Lipinski definition) is 1. The third kappa shape index (κ3) is 4.22. The van der Waals surface area contributed by atoms with Crippen LogP contribution in [0.5, 0.6) is 17.2 Å². The predicted octanol–water partition coefficient (Wildman–Crippen LogP) is 4.05. The number of nitrogens with one attached hydrogen (secondary N) is 1. The van der Waals surface area contributed by atoms with Crippen LogP contribution < -0.4 is 19.5 Å². The van der Waals surface area contributed by atoms with Crippen molar-refractivity contribution < 1.29 is 14.2 Å². The molecule has 2 aliphatic rings. The number of methoxy groups -OCH3 is 1. The van der Waals surface area contributed by atoms with Gasteiger partial charge in [0.2, 0.25) is 0 Å². The SMILES string of the molecule is COc1ccccc1[C@H](CNCc1cc(Cl)c2c(c1)OCCO2)N1CCCC1. The number of likely N-dealkylation sites (tertiary alicyclic amines) is 1. The van der Waals surface area contributed by atoms with E-state index in [1.54, 1.807) is 7.11 Å². The third-order valence-electron chi connectivity index (χ3n) is 5.40. The topological polar surface area (TPSA) is 43.0 Å². The molecule has 0 spiro atoms. The summed E-state index contributed by atoms with van der Waals surface area (Å²) in [5.41, 5.74) is 2.33. The first kappa shape index (κ1) is 19.4. The van der Waals surface area contributed by atoms with Crippen LogP contribution in [0.3, 0.4) is 0 Å². The average molecular weight is 403 g/mol. The molecule has 150 valence electrons. The molecule has 0 radical (unpaired) electrons. The Morgan fingerprint density at radius 3 is 2.75 bits per heavy atom. The molecule has 6 heteroatoms. The molecule has 2 heterocycles. The molecule has 0 aliphatic carbocycles. The number of rotatable bonds is 7. The fraction of sp³-hybridized carbons (Fsp3) is 0.455. The second-order valence-electron chi connectivity index (χ2n) is 7.23. The summed E-state index contributed by atoms with van der Waals surface area (Å²) in [6.07, 6.45) is 2.51. The molecule has 0 saturated carbocycles. The summed E-state index contributed by atoms with van der Waals surface area (Å²) in [6, 6.07) is 12.6. The van der Waals surface area contributed by atoms with Crippen LogP contribution in [0.25, 0.3) is 0 Å². The van der Waals surface area contributed by atoms with Gasteiger partial charge in [-0.2, -0.15) is 0 Å². The highest BCUT2D eigenvalue weighted by atomic mass is 35.5. The first-order chi connectivity index (χ1) is 13.8. The van der Waals surface area contributed by atoms with E-state index >= 15 is 0 Å². The fourth-order valence-electron chi connectivity index (χ4n) is 4.05. The molecule has 0 aromatic heterocycles. The van der Waals surface area contributed by atoms with Crippen LogP contribution in [0, 0.1) is 0 Å². The second kappa shape index (κ2) is 9.03. The number of para-hydroxylation sites is 1. The maximum absolute atomic E-state index is 6.37. The molecule has 0 unspecified atom stereocenters. The standard InChI is InChI=1S/C22H27ClN2O3/c1-26-20-7-3-2-6-17(20)19(25-8-4-5-9-25)15-24-14-16-12-18(23)22-21(13-16)27-10-11-28-22/h2-3,6-7,12-13,19,24H,4-5,8-11,14-15H2,1H3/t19-/m0/s1. The lowest BCUT2D eigenvalue weighted by Gasteiger charge is -2.29. The van der Waals surface area contributed by atoms with E-state index in [-0.39, 0.29) is 6.04 Å². The van der Waals surface area contributed by atoms with Crippen molar-refractivity contribution in [2.75, 3.05) is 40.0 Å². The van der Waals surface area contributed by atoms with E-state index in [1.807, 2.05) is 24.3 Å². The Morgan fingerprint density at radius 1 is 1.14 bits per heavy atom. The summed E-state index contributed by atoms with van der Waals surface area (Å²) in [5, 5.41) is 4.22. The van der Waals surface area contributed by atoms with Crippen molar-refractivity contribution >= 4 is 11.6 Å². The van der Waals surface area contributed by atoms with E-state index in [2.05, 4.69) is 22.3 Å². The molecule has 0 amide bonds. The Hall–Kier alpha value is -1.95. The molecule has 1 fully saturated rings. The molecule has 28 heavy (non-hydrogen) atoms. The predicted molar refractivity (Wildman–Crippen MR) is 111 cm³/mol. The molecule has 2 aromatic carbocycles. The minimum Gasteiger partial charge on any atom is -0.496 e. The number of benzene rings is 2. The van der Waals surface area contributed by atoms with Gasteiger partial charge in [0.05, 0.1) is 18.2 Å². The summed E-state index contributed by atoms with van der Waals surface area (Å²) < 4.78 is 16.9. The summed E-state index contributed by atoms with van der Waals surface area (Å²) >= 11 is 6.37. The summed E-state index contributed by atoms with van der Waals surface area (Å²) in [5.74, 6) is 2.33. The van der Waals surface area contributed by atoms with Crippen LogP contribution in [0.2, 0.25) is 5.02 Å². The zero-order valence-corrected chi connectivity index (χ0v) is 17.0. The Morgan fingerprint density at radius 2 is 1.93 bits per heavy atom. The Labute approximate surface area is 171 Å². The van der Waals surface area contributed by atoms with Crippen LogP contribution in [-0.2, 0) is 6.54 Å². The van der Waals surface area contributed by atoms with Crippen molar-refractivity contribution in [2.24, 2.45) is 0 Å². The molecule has 2 aromatic rings. The second-order valence-corrected chi connectivity index (χ2v) is 7.64. The highest BCUT2D eigenvalue weighted by Gasteiger charge is 2.25. The van der Waals surface area contributed by atoms with E-state index in [0.717, 1.165) is 43.2 Å². The number of nitrogens with zero attached hydrogens (tertiary/aromatic N) is 1. The number of ether oxygens (including phenoxy) is 3. The minimum absolute atomic E-state index is 0.284. The first-order valence-electron chi connectivity index (χ1n) is 9.92. The zero-order chi connectivity index (χ0) is 19.3. The highest BCUT2D eigenvalue weighted by Crippen LogP contribution is 2.38. The maximum Gasteiger partial charge on any atom is 0.179 e. The van der Waals surface area contributed by atoms with Crippen molar-refractivity contribution in [2.45, 2.75) is 25.4 Å². The van der Waals surface area contributed by atoms with Crippen molar-refractivity contribution in [3.8, 4) is 17.2 Å². The van der Waals surface area contributed by atoms with Crippen LogP contribution in [0.1, 0.15) is 30.0 Å². The van der Waals surface area contributed by atoms with Crippen molar-refractivity contribution in [1.82, 2.24) is 10.2 Å². The van der Waals surface area contributed by atoms with Gasteiger partial charge < -0.3 is 19.5 Å². The van der Waals surface area contributed by atoms with E-state index in [1.165, 1.54) is 18.4 Å². The van der Waals surface area contributed by atoms with E-state index in [9.17, 15) is 0 Å². The number of halogens is 1. The monoisotopic (exact) mass is 402 g/mol. The van der Waals surface area contributed by atoms with Crippen LogP contribution in [0.15, 0.2) is 36.4 Å². The minimum atomic E-state index is 0.284. The average Bonchev–Trinajstić information content (AvgIpc) is 3.26. The van der Waals surface area contributed by atoms with E-state index < -0.39 is 0 Å². The van der Waals surface area contributed by atoms with Crippen LogP contribution in [0.4, 0.5) is 0 Å². The normalized spacial score (nSPS) is 17.5. The van der Waals surface area contributed by atoms with Crippen molar-refractivity contribution in [1.29, 1.82) is 0 Å². The quantitative estimate of drug-likeness (QED) is 0.756. The summed E-state index contributed by atoms with van der Waals surface area (Å²) in [7, 11) is 1.74. The lowest BCUT2D eigenvalue weighted by Crippen LogP contribution is -2.34. The first-order valence-corrected chi connectivity index (χ1v) is 10.3. The third-order valence-corrected chi connectivity index (χ3v) is 5.68. The molecule has 5 nitrogen and oxygen atoms in total. The van der Waals surface area contributed by atoms with Gasteiger partial charge in [-0.1, -0.05) is 29.8 Å². The van der Waals surface area contributed by atoms with Crippen molar-refractivity contribution in [3.63, 3.8) is 0 Å². The van der Waals surface area contributed by atoms with Gasteiger partial charge in [-0.25, -0.2) is 0 Å². The zero-order valence-electron chi connectivity index (χ0n) is 16.2. The molecular weight excluding hydrogens is 376 g/mol. The van der Waals surface area contributed by atoms with Gasteiger partial charge in [0, 0.05) is 18.7 Å². The summed E-state index contributed by atoms with van der Waals surface area (Å²) in [4.78, 5) is 2.54. The highest BCUT2D eigenvalue weighted by molar-refractivity contribution is 6.32. The van der Waals surface area contributed by atoms with E-state index in [0.29, 0.717) is 24.0 Å².